The molecule has 8 heteroatoms. The molecule has 6 nitrogen and oxygen atoms in total. The van der Waals surface area contributed by atoms with Crippen LogP contribution in [-0.4, -0.2) is 39.4 Å². The second-order valence-corrected chi connectivity index (χ2v) is 11.2. The largest absolute Gasteiger partial charge is 0.348 e. The molecular weight excluding hydrogens is 482 g/mol. The lowest BCUT2D eigenvalue weighted by atomic mass is 10.0. The van der Waals surface area contributed by atoms with Crippen molar-refractivity contribution in [3.05, 3.63) is 94.5 Å². The number of anilines is 1. The molecule has 0 aromatic heterocycles. The minimum atomic E-state index is -3.74. The van der Waals surface area contributed by atoms with Crippen LogP contribution in [-0.2, 0) is 23.1 Å². The molecule has 1 heterocycles. The first-order valence-electron chi connectivity index (χ1n) is 11.8. The molecule has 0 radical (unpaired) electrons. The minimum Gasteiger partial charge on any atom is -0.348 e. The SMILES string of the molecule is CN(c1ccc(C(=O)NCc2ccccc2CN2CCCCC2)cc1)S(=O)(=O)c1ccc(Cl)cc1. The Kier molecular flexibility index (Phi) is 8.11. The maximum atomic E-state index is 12.9. The summed E-state index contributed by atoms with van der Waals surface area (Å²) in [7, 11) is -2.25. The van der Waals surface area contributed by atoms with E-state index in [4.69, 9.17) is 11.6 Å². The van der Waals surface area contributed by atoms with Crippen molar-refractivity contribution in [2.75, 3.05) is 24.4 Å². The van der Waals surface area contributed by atoms with Gasteiger partial charge < -0.3 is 5.32 Å². The minimum absolute atomic E-state index is 0.148. The Morgan fingerprint density at radius 3 is 2.20 bits per heavy atom. The summed E-state index contributed by atoms with van der Waals surface area (Å²) in [5, 5.41) is 3.47. The van der Waals surface area contributed by atoms with Gasteiger partial charge in [-0.3, -0.25) is 14.0 Å². The Morgan fingerprint density at radius 1 is 0.914 bits per heavy atom. The number of hydrogen-bond acceptors (Lipinski definition) is 4. The van der Waals surface area contributed by atoms with Gasteiger partial charge >= 0.3 is 0 Å². The topological polar surface area (TPSA) is 69.7 Å². The molecule has 0 unspecified atom stereocenters. The second kappa shape index (κ2) is 11.2. The monoisotopic (exact) mass is 511 g/mol. The van der Waals surface area contributed by atoms with Gasteiger partial charge in [-0.2, -0.15) is 0 Å². The van der Waals surface area contributed by atoms with Gasteiger partial charge in [-0.05, 0) is 85.6 Å². The van der Waals surface area contributed by atoms with Crippen LogP contribution in [0.3, 0.4) is 0 Å². The molecule has 1 aliphatic heterocycles. The first-order valence-corrected chi connectivity index (χ1v) is 13.6. The van der Waals surface area contributed by atoms with E-state index in [2.05, 4.69) is 22.3 Å². The number of hydrogen-bond donors (Lipinski definition) is 1. The summed E-state index contributed by atoms with van der Waals surface area (Å²) in [4.78, 5) is 15.4. The van der Waals surface area contributed by atoms with Crippen LogP contribution in [0.2, 0.25) is 5.02 Å². The first-order chi connectivity index (χ1) is 16.8. The zero-order valence-corrected chi connectivity index (χ0v) is 21.4. The summed E-state index contributed by atoms with van der Waals surface area (Å²) in [6.07, 6.45) is 3.78. The maximum absolute atomic E-state index is 12.9. The van der Waals surface area contributed by atoms with E-state index in [0.29, 0.717) is 22.8 Å². The number of piperidine rings is 1. The van der Waals surface area contributed by atoms with E-state index < -0.39 is 10.0 Å². The zero-order chi connectivity index (χ0) is 24.8. The summed E-state index contributed by atoms with van der Waals surface area (Å²) in [5.74, 6) is -0.201. The molecule has 1 aliphatic rings. The third-order valence-electron chi connectivity index (χ3n) is 6.37. The van der Waals surface area contributed by atoms with E-state index in [9.17, 15) is 13.2 Å². The van der Waals surface area contributed by atoms with Crippen molar-refractivity contribution in [1.29, 1.82) is 0 Å². The molecule has 1 fully saturated rings. The van der Waals surface area contributed by atoms with E-state index in [-0.39, 0.29) is 10.8 Å². The number of carbonyl (C=O) groups is 1. The fraction of sp³-hybridized carbons (Fsp3) is 0.296. The highest BCUT2D eigenvalue weighted by atomic mass is 35.5. The summed E-state index contributed by atoms with van der Waals surface area (Å²) in [5.41, 5.74) is 3.28. The first kappa shape index (κ1) is 25.2. The lowest BCUT2D eigenvalue weighted by molar-refractivity contribution is 0.0950. The molecule has 1 saturated heterocycles. The van der Waals surface area contributed by atoms with Crippen molar-refractivity contribution >= 4 is 33.2 Å². The number of sulfonamides is 1. The van der Waals surface area contributed by atoms with Gasteiger partial charge in [-0.25, -0.2) is 8.42 Å². The average Bonchev–Trinajstić information content (AvgIpc) is 2.88. The normalized spacial score (nSPS) is 14.5. The molecular formula is C27H30ClN3O3S. The van der Waals surface area contributed by atoms with Gasteiger partial charge in [0.05, 0.1) is 10.6 Å². The van der Waals surface area contributed by atoms with E-state index in [0.717, 1.165) is 25.2 Å². The maximum Gasteiger partial charge on any atom is 0.264 e. The summed E-state index contributed by atoms with van der Waals surface area (Å²) in [6.45, 7) is 3.58. The van der Waals surface area contributed by atoms with Crippen molar-refractivity contribution < 1.29 is 13.2 Å². The number of rotatable bonds is 8. The van der Waals surface area contributed by atoms with Crippen LogP contribution in [0.1, 0.15) is 40.7 Å². The average molecular weight is 512 g/mol. The molecule has 0 saturated carbocycles. The molecule has 0 bridgehead atoms. The number of nitrogens with one attached hydrogen (secondary N) is 1. The van der Waals surface area contributed by atoms with Gasteiger partial charge in [0.25, 0.3) is 15.9 Å². The lowest BCUT2D eigenvalue weighted by Crippen LogP contribution is -2.30. The molecule has 1 amide bonds. The van der Waals surface area contributed by atoms with Crippen LogP contribution in [0.5, 0.6) is 0 Å². The Balaban J connectivity index is 1.39. The summed E-state index contributed by atoms with van der Waals surface area (Å²) in [6, 6.07) is 20.8. The fourth-order valence-corrected chi connectivity index (χ4v) is 5.57. The van der Waals surface area contributed by atoms with Gasteiger partial charge in [0.1, 0.15) is 0 Å². The number of likely N-dealkylation sites (tertiary alicyclic amines) is 1. The number of halogens is 1. The van der Waals surface area contributed by atoms with Gasteiger partial charge in [0.15, 0.2) is 0 Å². The van der Waals surface area contributed by atoms with Gasteiger partial charge in [0.2, 0.25) is 0 Å². The highest BCUT2D eigenvalue weighted by Gasteiger charge is 2.21. The fourth-order valence-electron chi connectivity index (χ4n) is 4.25. The Hall–Kier alpha value is -2.87. The number of carbonyl (C=O) groups excluding carboxylic acids is 1. The molecule has 0 aliphatic carbocycles. The van der Waals surface area contributed by atoms with Crippen LogP contribution < -0.4 is 9.62 Å². The lowest BCUT2D eigenvalue weighted by Gasteiger charge is -2.27. The van der Waals surface area contributed by atoms with Crippen molar-refractivity contribution in [1.82, 2.24) is 10.2 Å². The van der Waals surface area contributed by atoms with Gasteiger partial charge in [-0.1, -0.05) is 42.3 Å². The predicted octanol–water partition coefficient (Wildman–Crippen LogP) is 5.08. The van der Waals surface area contributed by atoms with Gasteiger partial charge in [0, 0.05) is 30.7 Å². The highest BCUT2D eigenvalue weighted by Crippen LogP contribution is 2.24. The third kappa shape index (κ3) is 6.23. The van der Waals surface area contributed by atoms with E-state index in [1.165, 1.54) is 48.3 Å². The summed E-state index contributed by atoms with van der Waals surface area (Å²) >= 11 is 5.87. The van der Waals surface area contributed by atoms with Crippen LogP contribution in [0, 0.1) is 0 Å². The second-order valence-electron chi connectivity index (χ2n) is 8.76. The van der Waals surface area contributed by atoms with Crippen LogP contribution in [0.15, 0.2) is 77.7 Å². The Morgan fingerprint density at radius 2 is 1.54 bits per heavy atom. The highest BCUT2D eigenvalue weighted by molar-refractivity contribution is 7.92. The van der Waals surface area contributed by atoms with Crippen LogP contribution in [0.4, 0.5) is 5.69 Å². The predicted molar refractivity (Wildman–Crippen MR) is 140 cm³/mol. The van der Waals surface area contributed by atoms with Crippen LogP contribution >= 0.6 is 11.6 Å². The van der Waals surface area contributed by atoms with Crippen molar-refractivity contribution in [3.8, 4) is 0 Å². The smallest absolute Gasteiger partial charge is 0.264 e. The number of amides is 1. The van der Waals surface area contributed by atoms with E-state index in [1.54, 1.807) is 36.4 Å². The Bertz CT molecular complexity index is 1260. The molecule has 1 N–H and O–H groups in total. The molecule has 3 aromatic rings. The Labute approximate surface area is 212 Å². The number of nitrogens with zero attached hydrogens (tertiary/aromatic N) is 2. The van der Waals surface area contributed by atoms with Crippen LogP contribution in [0.25, 0.3) is 0 Å². The molecule has 35 heavy (non-hydrogen) atoms. The van der Waals surface area contributed by atoms with Crippen molar-refractivity contribution in [2.45, 2.75) is 37.2 Å². The molecule has 0 spiro atoms. The van der Waals surface area contributed by atoms with Gasteiger partial charge in [-0.15, -0.1) is 0 Å². The quantitative estimate of drug-likeness (QED) is 0.458. The number of benzene rings is 3. The molecule has 4 rings (SSSR count). The van der Waals surface area contributed by atoms with E-state index >= 15 is 0 Å². The molecule has 0 atom stereocenters. The van der Waals surface area contributed by atoms with E-state index in [1.807, 2.05) is 12.1 Å². The molecule has 184 valence electrons. The van der Waals surface area contributed by atoms with Crippen molar-refractivity contribution in [2.24, 2.45) is 0 Å². The summed E-state index contributed by atoms with van der Waals surface area (Å²) < 4.78 is 27.0. The molecule has 3 aromatic carbocycles. The zero-order valence-electron chi connectivity index (χ0n) is 19.8. The van der Waals surface area contributed by atoms with Crippen molar-refractivity contribution in [3.63, 3.8) is 0 Å². The third-order valence-corrected chi connectivity index (χ3v) is 8.42. The standard InChI is InChI=1S/C27H30ClN3O3S/c1-30(35(33,34)26-15-11-24(28)12-16-26)25-13-9-21(10-14-25)27(32)29-19-22-7-3-4-8-23(22)20-31-17-5-2-6-18-31/h3-4,7-16H,2,5-6,17-20H2,1H3,(H,29,32).